The second kappa shape index (κ2) is 6.40. The number of amides is 2. The van der Waals surface area contributed by atoms with E-state index in [1.165, 1.54) is 0 Å². The van der Waals surface area contributed by atoms with Gasteiger partial charge in [0.25, 0.3) is 5.91 Å². The molecule has 1 aliphatic rings. The lowest BCUT2D eigenvalue weighted by atomic mass is 10.1. The molecule has 0 atom stereocenters. The minimum atomic E-state index is -0.177. The highest BCUT2D eigenvalue weighted by atomic mass is 16.2. The van der Waals surface area contributed by atoms with Crippen molar-refractivity contribution in [3.63, 3.8) is 0 Å². The zero-order valence-corrected chi connectivity index (χ0v) is 13.7. The Morgan fingerprint density at radius 3 is 2.56 bits per heavy atom. The second-order valence-electron chi connectivity index (χ2n) is 6.22. The number of carbonyl (C=O) groups excluding carboxylic acids is 2. The quantitative estimate of drug-likeness (QED) is 0.782. The Morgan fingerprint density at radius 1 is 0.920 bits per heavy atom. The van der Waals surface area contributed by atoms with E-state index in [1.807, 2.05) is 54.6 Å². The van der Waals surface area contributed by atoms with Crippen molar-refractivity contribution in [2.24, 2.45) is 0 Å². The highest BCUT2D eigenvalue weighted by Crippen LogP contribution is 2.23. The Bertz CT molecular complexity index is 965. The molecule has 0 bridgehead atoms. The third-order valence-electron chi connectivity index (χ3n) is 4.50. The Morgan fingerprint density at radius 2 is 1.76 bits per heavy atom. The van der Waals surface area contributed by atoms with E-state index in [1.54, 1.807) is 17.0 Å². The smallest absolute Gasteiger partial charge is 0.255 e. The van der Waals surface area contributed by atoms with Crippen LogP contribution >= 0.6 is 0 Å². The lowest BCUT2D eigenvalue weighted by molar-refractivity contribution is -0.117. The van der Waals surface area contributed by atoms with Crippen LogP contribution in [-0.4, -0.2) is 18.4 Å². The second-order valence-corrected chi connectivity index (χ2v) is 6.22. The molecule has 0 aliphatic carbocycles. The molecule has 0 spiro atoms. The van der Waals surface area contributed by atoms with Crippen molar-refractivity contribution in [1.82, 2.24) is 0 Å². The van der Waals surface area contributed by atoms with Gasteiger partial charge in [-0.05, 0) is 47.5 Å². The molecular formula is C21H18N2O2. The highest BCUT2D eigenvalue weighted by Gasteiger charge is 2.22. The number of nitrogens with zero attached hydrogens (tertiary/aromatic N) is 1. The Balaban J connectivity index is 1.57. The molecule has 2 amide bonds. The molecule has 4 heteroatoms. The van der Waals surface area contributed by atoms with Gasteiger partial charge < -0.3 is 10.2 Å². The molecule has 1 saturated heterocycles. The maximum absolute atomic E-state index is 12.6. The third-order valence-corrected chi connectivity index (χ3v) is 4.50. The molecule has 25 heavy (non-hydrogen) atoms. The molecule has 3 aromatic rings. The van der Waals surface area contributed by atoms with E-state index in [-0.39, 0.29) is 11.8 Å². The molecule has 3 aromatic carbocycles. The maximum Gasteiger partial charge on any atom is 0.255 e. The van der Waals surface area contributed by atoms with E-state index in [2.05, 4.69) is 5.32 Å². The van der Waals surface area contributed by atoms with Gasteiger partial charge in [-0.1, -0.05) is 36.4 Å². The van der Waals surface area contributed by atoms with Crippen LogP contribution in [0.2, 0.25) is 0 Å². The molecular weight excluding hydrogens is 312 g/mol. The molecule has 0 radical (unpaired) electrons. The van der Waals surface area contributed by atoms with E-state index in [9.17, 15) is 9.59 Å². The summed E-state index contributed by atoms with van der Waals surface area (Å²) in [4.78, 5) is 26.2. The number of nitrogens with one attached hydrogen (secondary N) is 1. The largest absolute Gasteiger partial charge is 0.322 e. The standard InChI is InChI=1S/C21H18N2O2/c24-20-9-4-12-23(20)19-8-3-7-17(14-19)21(25)22-18-11-10-15-5-1-2-6-16(15)13-18/h1-3,5-8,10-11,13-14H,4,9,12H2,(H,22,25). The van der Waals surface area contributed by atoms with Gasteiger partial charge in [-0.25, -0.2) is 0 Å². The van der Waals surface area contributed by atoms with Crippen LogP contribution in [0.3, 0.4) is 0 Å². The lowest BCUT2D eigenvalue weighted by Crippen LogP contribution is -2.24. The first-order valence-electron chi connectivity index (χ1n) is 8.41. The van der Waals surface area contributed by atoms with E-state index < -0.39 is 0 Å². The summed E-state index contributed by atoms with van der Waals surface area (Å²) in [7, 11) is 0. The summed E-state index contributed by atoms with van der Waals surface area (Å²) in [6.45, 7) is 0.717. The van der Waals surface area contributed by atoms with Crippen molar-refractivity contribution in [1.29, 1.82) is 0 Å². The minimum Gasteiger partial charge on any atom is -0.322 e. The van der Waals surface area contributed by atoms with Gasteiger partial charge >= 0.3 is 0 Å². The Labute approximate surface area is 146 Å². The molecule has 0 saturated carbocycles. The number of carbonyl (C=O) groups is 2. The van der Waals surface area contributed by atoms with Crippen LogP contribution in [-0.2, 0) is 4.79 Å². The SMILES string of the molecule is O=C(Nc1ccc2ccccc2c1)c1cccc(N2CCCC2=O)c1. The van der Waals surface area contributed by atoms with Crippen molar-refractivity contribution in [2.75, 3.05) is 16.8 Å². The van der Waals surface area contributed by atoms with Crippen LogP contribution in [0.4, 0.5) is 11.4 Å². The fourth-order valence-electron chi connectivity index (χ4n) is 3.21. The van der Waals surface area contributed by atoms with Crippen LogP contribution in [0, 0.1) is 0 Å². The zero-order valence-electron chi connectivity index (χ0n) is 13.7. The van der Waals surface area contributed by atoms with Crippen LogP contribution < -0.4 is 10.2 Å². The van der Waals surface area contributed by atoms with Gasteiger partial charge in [-0.2, -0.15) is 0 Å². The van der Waals surface area contributed by atoms with Gasteiger partial charge in [0.2, 0.25) is 5.91 Å². The average molecular weight is 330 g/mol. The van der Waals surface area contributed by atoms with E-state index in [4.69, 9.17) is 0 Å². The highest BCUT2D eigenvalue weighted by molar-refractivity contribution is 6.06. The van der Waals surface area contributed by atoms with Crippen molar-refractivity contribution in [3.8, 4) is 0 Å². The van der Waals surface area contributed by atoms with Crippen molar-refractivity contribution < 1.29 is 9.59 Å². The fraction of sp³-hybridized carbons (Fsp3) is 0.143. The summed E-state index contributed by atoms with van der Waals surface area (Å²) in [6.07, 6.45) is 1.44. The fourth-order valence-corrected chi connectivity index (χ4v) is 3.21. The average Bonchev–Trinajstić information content (AvgIpc) is 3.08. The maximum atomic E-state index is 12.6. The Kier molecular flexibility index (Phi) is 3.94. The third kappa shape index (κ3) is 3.11. The van der Waals surface area contributed by atoms with Gasteiger partial charge in [0.05, 0.1) is 0 Å². The summed E-state index contributed by atoms with van der Waals surface area (Å²) in [5, 5.41) is 5.15. The number of hydrogen-bond acceptors (Lipinski definition) is 2. The van der Waals surface area contributed by atoms with E-state index >= 15 is 0 Å². The molecule has 124 valence electrons. The Hall–Kier alpha value is -3.14. The van der Waals surface area contributed by atoms with Crippen molar-refractivity contribution >= 4 is 34.0 Å². The van der Waals surface area contributed by atoms with Gasteiger partial charge in [0.15, 0.2) is 0 Å². The number of fused-ring (bicyclic) bond motifs is 1. The number of rotatable bonds is 3. The number of benzene rings is 3. The van der Waals surface area contributed by atoms with Crippen LogP contribution in [0.1, 0.15) is 23.2 Å². The molecule has 1 aliphatic heterocycles. The van der Waals surface area contributed by atoms with Crippen LogP contribution in [0.15, 0.2) is 66.7 Å². The van der Waals surface area contributed by atoms with Gasteiger partial charge in [-0.3, -0.25) is 9.59 Å². The number of hydrogen-bond donors (Lipinski definition) is 1. The minimum absolute atomic E-state index is 0.118. The predicted molar refractivity (Wildman–Crippen MR) is 99.9 cm³/mol. The van der Waals surface area contributed by atoms with E-state index in [0.717, 1.165) is 28.6 Å². The van der Waals surface area contributed by atoms with Crippen molar-refractivity contribution in [2.45, 2.75) is 12.8 Å². The lowest BCUT2D eigenvalue weighted by Gasteiger charge is -2.16. The summed E-state index contributed by atoms with van der Waals surface area (Å²) in [5.74, 6) is -0.0594. The monoisotopic (exact) mass is 330 g/mol. The summed E-state index contributed by atoms with van der Waals surface area (Å²) in [5.41, 5.74) is 2.09. The van der Waals surface area contributed by atoms with Gasteiger partial charge in [0, 0.05) is 29.9 Å². The topological polar surface area (TPSA) is 49.4 Å². The number of anilines is 2. The van der Waals surface area contributed by atoms with Crippen molar-refractivity contribution in [3.05, 3.63) is 72.3 Å². The normalized spacial score (nSPS) is 14.1. The van der Waals surface area contributed by atoms with Crippen LogP contribution in [0.5, 0.6) is 0 Å². The molecule has 4 nitrogen and oxygen atoms in total. The molecule has 1 N–H and O–H groups in total. The van der Waals surface area contributed by atoms with Crippen LogP contribution in [0.25, 0.3) is 10.8 Å². The first-order valence-corrected chi connectivity index (χ1v) is 8.41. The first kappa shape index (κ1) is 15.4. The van der Waals surface area contributed by atoms with Gasteiger partial charge in [0.1, 0.15) is 0 Å². The molecule has 4 rings (SSSR count). The molecule has 0 aromatic heterocycles. The van der Waals surface area contributed by atoms with E-state index in [0.29, 0.717) is 18.5 Å². The summed E-state index contributed by atoms with van der Waals surface area (Å²) < 4.78 is 0. The summed E-state index contributed by atoms with van der Waals surface area (Å²) >= 11 is 0. The molecule has 1 heterocycles. The summed E-state index contributed by atoms with van der Waals surface area (Å²) in [6, 6.07) is 21.1. The predicted octanol–water partition coefficient (Wildman–Crippen LogP) is 4.22. The van der Waals surface area contributed by atoms with Gasteiger partial charge in [-0.15, -0.1) is 0 Å². The molecule has 0 unspecified atom stereocenters. The molecule has 1 fully saturated rings. The first-order chi connectivity index (χ1) is 12.2. The zero-order chi connectivity index (χ0) is 17.2.